The van der Waals surface area contributed by atoms with Crippen LogP contribution in [0.3, 0.4) is 0 Å². The second kappa shape index (κ2) is 6.56. The summed E-state index contributed by atoms with van der Waals surface area (Å²) in [6, 6.07) is 0. The minimum absolute atomic E-state index is 0.230. The van der Waals surface area contributed by atoms with Gasteiger partial charge in [-0.2, -0.15) is 5.10 Å². The summed E-state index contributed by atoms with van der Waals surface area (Å²) in [5.74, 6) is 2.04. The molecule has 2 aromatic rings. The van der Waals surface area contributed by atoms with Crippen LogP contribution in [0.25, 0.3) is 0 Å². The molecule has 2 aromatic heterocycles. The quantitative estimate of drug-likeness (QED) is 0.921. The van der Waals surface area contributed by atoms with Crippen molar-refractivity contribution in [2.45, 2.75) is 52.0 Å². The summed E-state index contributed by atoms with van der Waals surface area (Å²) in [6.45, 7) is 8.65. The Morgan fingerprint density at radius 1 is 1.48 bits per heavy atom. The number of hydrogen-bond donors (Lipinski definition) is 1. The number of H-pyrrole nitrogens is 1. The van der Waals surface area contributed by atoms with Gasteiger partial charge in [0, 0.05) is 56.0 Å². The van der Waals surface area contributed by atoms with E-state index in [1.807, 2.05) is 23.5 Å². The van der Waals surface area contributed by atoms with E-state index in [1.54, 1.807) is 0 Å². The van der Waals surface area contributed by atoms with Crippen molar-refractivity contribution >= 4 is 5.91 Å². The maximum absolute atomic E-state index is 12.5. The molecule has 0 aliphatic carbocycles. The van der Waals surface area contributed by atoms with Crippen molar-refractivity contribution in [3.05, 3.63) is 35.7 Å². The summed E-state index contributed by atoms with van der Waals surface area (Å²) in [7, 11) is 0. The number of hydrogen-bond acceptors (Lipinski definition) is 3. The van der Waals surface area contributed by atoms with Gasteiger partial charge in [-0.15, -0.1) is 0 Å². The van der Waals surface area contributed by atoms with Gasteiger partial charge in [0.05, 0.1) is 6.20 Å². The molecule has 1 aliphatic rings. The van der Waals surface area contributed by atoms with Crippen LogP contribution in [0.4, 0.5) is 0 Å². The van der Waals surface area contributed by atoms with Crippen molar-refractivity contribution in [3.63, 3.8) is 0 Å². The molecule has 0 unspecified atom stereocenters. The normalized spacial score (nSPS) is 18.1. The van der Waals surface area contributed by atoms with Crippen LogP contribution in [0, 0.1) is 6.92 Å². The molecule has 23 heavy (non-hydrogen) atoms. The third-order valence-corrected chi connectivity index (χ3v) is 4.65. The molecule has 0 bridgehead atoms. The van der Waals surface area contributed by atoms with Crippen LogP contribution in [-0.4, -0.2) is 43.6 Å². The Balaban J connectivity index is 1.55. The second-order valence-electron chi connectivity index (χ2n) is 6.68. The highest BCUT2D eigenvalue weighted by atomic mass is 16.2. The number of aryl methyl sites for hydroxylation is 2. The van der Waals surface area contributed by atoms with E-state index in [0.717, 1.165) is 25.3 Å². The average Bonchev–Trinajstić information content (AvgIpc) is 3.24. The number of carbonyl (C=O) groups excluding carboxylic acids is 1. The van der Waals surface area contributed by atoms with Gasteiger partial charge >= 0.3 is 0 Å². The van der Waals surface area contributed by atoms with E-state index in [9.17, 15) is 4.79 Å². The van der Waals surface area contributed by atoms with E-state index >= 15 is 0 Å². The molecule has 3 rings (SSSR count). The number of aromatic amines is 1. The van der Waals surface area contributed by atoms with Crippen LogP contribution in [0.5, 0.6) is 0 Å². The lowest BCUT2D eigenvalue weighted by Crippen LogP contribution is -2.29. The lowest BCUT2D eigenvalue weighted by Gasteiger charge is -2.17. The molecule has 124 valence electrons. The van der Waals surface area contributed by atoms with E-state index in [2.05, 4.69) is 40.5 Å². The molecule has 0 radical (unpaired) electrons. The van der Waals surface area contributed by atoms with Crippen molar-refractivity contribution in [1.29, 1.82) is 0 Å². The number of rotatable bonds is 5. The van der Waals surface area contributed by atoms with Gasteiger partial charge in [-0.05, 0) is 18.9 Å². The first kappa shape index (κ1) is 15.8. The fourth-order valence-corrected chi connectivity index (χ4v) is 3.38. The summed E-state index contributed by atoms with van der Waals surface area (Å²) in [4.78, 5) is 18.8. The number of aromatic nitrogens is 4. The van der Waals surface area contributed by atoms with Crippen LogP contribution < -0.4 is 0 Å². The minimum Gasteiger partial charge on any atom is -0.342 e. The summed E-state index contributed by atoms with van der Waals surface area (Å²) >= 11 is 0. The average molecular weight is 315 g/mol. The van der Waals surface area contributed by atoms with Crippen molar-refractivity contribution in [2.24, 2.45) is 0 Å². The second-order valence-corrected chi connectivity index (χ2v) is 6.68. The first-order chi connectivity index (χ1) is 11.1. The van der Waals surface area contributed by atoms with E-state index in [4.69, 9.17) is 0 Å². The van der Waals surface area contributed by atoms with E-state index < -0.39 is 0 Å². The smallest absolute Gasteiger partial charge is 0.224 e. The van der Waals surface area contributed by atoms with Gasteiger partial charge in [0.25, 0.3) is 0 Å². The Kier molecular flexibility index (Phi) is 4.50. The number of imidazole rings is 1. The van der Waals surface area contributed by atoms with Crippen LogP contribution >= 0.6 is 0 Å². The molecule has 1 atom stereocenters. The molecular weight excluding hydrogens is 290 g/mol. The molecular formula is C17H25N5O. The zero-order chi connectivity index (χ0) is 16.4. The number of likely N-dealkylation sites (tertiary alicyclic amines) is 1. The first-order valence-electron chi connectivity index (χ1n) is 8.35. The van der Waals surface area contributed by atoms with Gasteiger partial charge in [0.2, 0.25) is 5.91 Å². The fraction of sp³-hybridized carbons (Fsp3) is 0.588. The standard InChI is InChI=1S/C17H25N5O/c1-12(2)17-18-6-9-21(17)8-5-15(23)22-7-4-14(11-22)16-13(3)10-19-20-16/h6,9-10,12,14H,4-5,7-8,11H2,1-3H3,(H,19,20)/t14-/m1/s1. The van der Waals surface area contributed by atoms with Gasteiger partial charge in [0.15, 0.2) is 0 Å². The van der Waals surface area contributed by atoms with Crippen LogP contribution in [-0.2, 0) is 11.3 Å². The predicted molar refractivity (Wildman–Crippen MR) is 88.2 cm³/mol. The SMILES string of the molecule is Cc1cn[nH]c1[C@@H]1CCN(C(=O)CCn2ccnc2C(C)C)C1. The topological polar surface area (TPSA) is 66.8 Å². The Morgan fingerprint density at radius 3 is 3.00 bits per heavy atom. The summed E-state index contributed by atoms with van der Waals surface area (Å²) in [5.41, 5.74) is 2.36. The van der Waals surface area contributed by atoms with Gasteiger partial charge in [0.1, 0.15) is 5.82 Å². The Bertz CT molecular complexity index is 672. The highest BCUT2D eigenvalue weighted by Crippen LogP contribution is 2.28. The van der Waals surface area contributed by atoms with Crippen molar-refractivity contribution in [1.82, 2.24) is 24.6 Å². The lowest BCUT2D eigenvalue weighted by molar-refractivity contribution is -0.130. The van der Waals surface area contributed by atoms with Gasteiger partial charge < -0.3 is 9.47 Å². The highest BCUT2D eigenvalue weighted by Gasteiger charge is 2.28. The fourth-order valence-electron chi connectivity index (χ4n) is 3.38. The summed E-state index contributed by atoms with van der Waals surface area (Å²) < 4.78 is 2.09. The zero-order valence-electron chi connectivity index (χ0n) is 14.1. The third-order valence-electron chi connectivity index (χ3n) is 4.65. The van der Waals surface area contributed by atoms with Gasteiger partial charge in [-0.1, -0.05) is 13.8 Å². The molecule has 1 aliphatic heterocycles. The van der Waals surface area contributed by atoms with Gasteiger partial charge in [-0.3, -0.25) is 9.89 Å². The number of amides is 1. The molecule has 6 heteroatoms. The van der Waals surface area contributed by atoms with E-state index in [1.165, 1.54) is 11.3 Å². The monoisotopic (exact) mass is 315 g/mol. The maximum atomic E-state index is 12.5. The van der Waals surface area contributed by atoms with Crippen LogP contribution in [0.1, 0.15) is 55.6 Å². The van der Waals surface area contributed by atoms with Crippen molar-refractivity contribution < 1.29 is 4.79 Å². The Labute approximate surface area is 136 Å². The molecule has 0 saturated carbocycles. The molecule has 3 heterocycles. The van der Waals surface area contributed by atoms with E-state index in [0.29, 0.717) is 24.8 Å². The van der Waals surface area contributed by atoms with Crippen LogP contribution in [0.15, 0.2) is 18.6 Å². The molecule has 1 saturated heterocycles. The maximum Gasteiger partial charge on any atom is 0.224 e. The Hall–Kier alpha value is -2.11. The molecule has 1 fully saturated rings. The lowest BCUT2D eigenvalue weighted by atomic mass is 10.0. The van der Waals surface area contributed by atoms with Crippen molar-refractivity contribution in [3.8, 4) is 0 Å². The first-order valence-corrected chi connectivity index (χ1v) is 8.35. The van der Waals surface area contributed by atoms with Crippen molar-refractivity contribution in [2.75, 3.05) is 13.1 Å². The van der Waals surface area contributed by atoms with E-state index in [-0.39, 0.29) is 5.91 Å². The number of nitrogens with zero attached hydrogens (tertiary/aromatic N) is 4. The van der Waals surface area contributed by atoms with Gasteiger partial charge in [-0.25, -0.2) is 4.98 Å². The molecule has 6 nitrogen and oxygen atoms in total. The third kappa shape index (κ3) is 3.30. The minimum atomic E-state index is 0.230. The van der Waals surface area contributed by atoms with Crippen LogP contribution in [0.2, 0.25) is 0 Å². The predicted octanol–water partition coefficient (Wildman–Crippen LogP) is 2.44. The number of carbonyl (C=O) groups is 1. The molecule has 0 aromatic carbocycles. The molecule has 1 N–H and O–H groups in total. The largest absolute Gasteiger partial charge is 0.342 e. The highest BCUT2D eigenvalue weighted by molar-refractivity contribution is 5.76. The Morgan fingerprint density at radius 2 is 2.30 bits per heavy atom. The summed E-state index contributed by atoms with van der Waals surface area (Å²) in [5, 5.41) is 7.17. The number of nitrogens with one attached hydrogen (secondary N) is 1. The molecule has 1 amide bonds. The molecule has 0 spiro atoms. The zero-order valence-corrected chi connectivity index (χ0v) is 14.1. The summed E-state index contributed by atoms with van der Waals surface area (Å²) in [6.07, 6.45) is 7.17.